The molecular weight excluding hydrogens is 324 g/mol. The highest BCUT2D eigenvalue weighted by molar-refractivity contribution is 7.99. The first-order valence-corrected chi connectivity index (χ1v) is 10.5. The summed E-state index contributed by atoms with van der Waals surface area (Å²) >= 11 is 3.39. The third-order valence-electron chi connectivity index (χ3n) is 4.27. The summed E-state index contributed by atoms with van der Waals surface area (Å²) in [6.45, 7) is 0. The molecule has 1 fully saturated rings. The largest absolute Gasteiger partial charge is 0.353 e. The number of aromatic nitrogens is 1. The number of rotatable bonds is 5. The first-order valence-electron chi connectivity index (χ1n) is 8.53. The molecule has 1 saturated carbocycles. The van der Waals surface area contributed by atoms with Gasteiger partial charge in [-0.1, -0.05) is 44.2 Å². The van der Waals surface area contributed by atoms with Crippen molar-refractivity contribution in [3.8, 4) is 0 Å². The Morgan fingerprint density at radius 1 is 1.17 bits per heavy atom. The van der Waals surface area contributed by atoms with Gasteiger partial charge in [-0.05, 0) is 25.0 Å². The van der Waals surface area contributed by atoms with E-state index < -0.39 is 0 Å². The van der Waals surface area contributed by atoms with E-state index in [1.54, 1.807) is 23.1 Å². The van der Waals surface area contributed by atoms with Gasteiger partial charge < -0.3 is 5.32 Å². The molecule has 1 aliphatic carbocycles. The van der Waals surface area contributed by atoms with Gasteiger partial charge in [0.15, 0.2) is 0 Å². The number of thiazole rings is 1. The molecule has 0 spiro atoms. The van der Waals surface area contributed by atoms with Crippen LogP contribution in [-0.4, -0.2) is 22.7 Å². The molecule has 0 radical (unpaired) electrons. The molecule has 1 aliphatic rings. The minimum atomic E-state index is 0.182. The minimum Gasteiger partial charge on any atom is -0.353 e. The van der Waals surface area contributed by atoms with Crippen molar-refractivity contribution in [1.29, 1.82) is 0 Å². The summed E-state index contributed by atoms with van der Waals surface area (Å²) in [4.78, 5) is 16.7. The number of thioether (sulfide) groups is 1. The van der Waals surface area contributed by atoms with Gasteiger partial charge in [0.25, 0.3) is 0 Å². The number of amides is 1. The van der Waals surface area contributed by atoms with Crippen LogP contribution in [0.3, 0.4) is 0 Å². The minimum absolute atomic E-state index is 0.182. The van der Waals surface area contributed by atoms with E-state index in [0.717, 1.165) is 29.1 Å². The van der Waals surface area contributed by atoms with Crippen LogP contribution < -0.4 is 5.32 Å². The topological polar surface area (TPSA) is 42.0 Å². The van der Waals surface area contributed by atoms with Crippen molar-refractivity contribution in [2.75, 3.05) is 5.75 Å². The van der Waals surface area contributed by atoms with Crippen LogP contribution in [0, 0.1) is 0 Å². The Bertz CT molecular complexity index is 600. The number of carbonyl (C=O) groups excluding carboxylic acids is 1. The van der Waals surface area contributed by atoms with Gasteiger partial charge in [-0.15, -0.1) is 23.1 Å². The highest BCUT2D eigenvalue weighted by Crippen LogP contribution is 2.24. The van der Waals surface area contributed by atoms with Crippen molar-refractivity contribution in [2.45, 2.75) is 56.7 Å². The monoisotopic (exact) mass is 348 g/mol. The molecule has 0 saturated heterocycles. The van der Waals surface area contributed by atoms with Crippen LogP contribution in [0.5, 0.6) is 0 Å². The van der Waals surface area contributed by atoms with Gasteiger partial charge in [0.05, 0.1) is 16.0 Å². The van der Waals surface area contributed by atoms with Crippen LogP contribution in [0.15, 0.2) is 24.3 Å². The lowest BCUT2D eigenvalue weighted by Crippen LogP contribution is -2.36. The molecule has 0 unspecified atom stereocenters. The van der Waals surface area contributed by atoms with Gasteiger partial charge in [0.1, 0.15) is 5.01 Å². The maximum absolute atomic E-state index is 12.1. The fraction of sp³-hybridized carbons (Fsp3) is 0.556. The van der Waals surface area contributed by atoms with Crippen LogP contribution in [0.4, 0.5) is 0 Å². The molecule has 3 nitrogen and oxygen atoms in total. The summed E-state index contributed by atoms with van der Waals surface area (Å²) in [6, 6.07) is 8.59. The van der Waals surface area contributed by atoms with E-state index in [1.807, 2.05) is 18.2 Å². The molecular formula is C18H24N2OS2. The van der Waals surface area contributed by atoms with Crippen molar-refractivity contribution < 1.29 is 4.79 Å². The van der Waals surface area contributed by atoms with E-state index in [1.165, 1.54) is 36.8 Å². The van der Waals surface area contributed by atoms with E-state index in [2.05, 4.69) is 16.4 Å². The Kier molecular flexibility index (Phi) is 6.34. The SMILES string of the molecule is O=C(CSCc1nc2ccccc2s1)NC1CCCCCCC1. The fourth-order valence-corrected chi connectivity index (χ4v) is 4.94. The summed E-state index contributed by atoms with van der Waals surface area (Å²) < 4.78 is 1.22. The number of carbonyl (C=O) groups is 1. The van der Waals surface area contributed by atoms with Crippen molar-refractivity contribution >= 4 is 39.2 Å². The summed E-state index contributed by atoms with van der Waals surface area (Å²) in [5.41, 5.74) is 1.06. The Labute approximate surface area is 146 Å². The molecule has 0 atom stereocenters. The Balaban J connectivity index is 1.41. The second-order valence-corrected chi connectivity index (χ2v) is 8.28. The maximum atomic E-state index is 12.1. The van der Waals surface area contributed by atoms with Gasteiger partial charge in [-0.25, -0.2) is 4.98 Å². The molecule has 2 aromatic rings. The molecule has 124 valence electrons. The van der Waals surface area contributed by atoms with Gasteiger partial charge in [-0.3, -0.25) is 4.79 Å². The molecule has 1 N–H and O–H groups in total. The zero-order valence-corrected chi connectivity index (χ0v) is 15.1. The molecule has 1 amide bonds. The van der Waals surface area contributed by atoms with E-state index in [9.17, 15) is 4.79 Å². The number of nitrogens with one attached hydrogen (secondary N) is 1. The Morgan fingerprint density at radius 2 is 1.91 bits per heavy atom. The molecule has 0 aliphatic heterocycles. The highest BCUT2D eigenvalue weighted by Gasteiger charge is 2.14. The predicted molar refractivity (Wildman–Crippen MR) is 100 cm³/mol. The Hall–Kier alpha value is -1.07. The van der Waals surface area contributed by atoms with Crippen LogP contribution in [0.25, 0.3) is 10.2 Å². The molecule has 1 aromatic carbocycles. The van der Waals surface area contributed by atoms with Crippen LogP contribution in [0.2, 0.25) is 0 Å². The van der Waals surface area contributed by atoms with E-state index >= 15 is 0 Å². The van der Waals surface area contributed by atoms with E-state index in [0.29, 0.717) is 11.8 Å². The first kappa shape index (κ1) is 16.8. The smallest absolute Gasteiger partial charge is 0.230 e. The average molecular weight is 349 g/mol. The summed E-state index contributed by atoms with van der Waals surface area (Å²) in [5.74, 6) is 1.53. The quantitative estimate of drug-likeness (QED) is 0.847. The number of benzene rings is 1. The highest BCUT2D eigenvalue weighted by atomic mass is 32.2. The van der Waals surface area contributed by atoms with Gasteiger partial charge in [0, 0.05) is 11.8 Å². The summed E-state index contributed by atoms with van der Waals surface area (Å²) in [7, 11) is 0. The number of hydrogen-bond acceptors (Lipinski definition) is 4. The molecule has 3 rings (SSSR count). The molecule has 23 heavy (non-hydrogen) atoms. The van der Waals surface area contributed by atoms with Crippen molar-refractivity contribution in [3.63, 3.8) is 0 Å². The van der Waals surface area contributed by atoms with Crippen LogP contribution >= 0.6 is 23.1 Å². The normalized spacial score (nSPS) is 16.9. The summed E-state index contributed by atoms with van der Waals surface area (Å²) in [5, 5.41) is 4.33. The van der Waals surface area contributed by atoms with E-state index in [-0.39, 0.29) is 5.91 Å². The molecule has 0 bridgehead atoms. The second kappa shape index (κ2) is 8.69. The third-order valence-corrected chi connectivity index (χ3v) is 6.43. The van der Waals surface area contributed by atoms with Crippen molar-refractivity contribution in [1.82, 2.24) is 10.3 Å². The van der Waals surface area contributed by atoms with Crippen molar-refractivity contribution in [3.05, 3.63) is 29.3 Å². The van der Waals surface area contributed by atoms with Crippen LogP contribution in [0.1, 0.15) is 50.0 Å². The Morgan fingerprint density at radius 3 is 2.70 bits per heavy atom. The molecule has 1 aromatic heterocycles. The number of hydrogen-bond donors (Lipinski definition) is 1. The van der Waals surface area contributed by atoms with Gasteiger partial charge >= 0.3 is 0 Å². The maximum Gasteiger partial charge on any atom is 0.230 e. The lowest BCUT2D eigenvalue weighted by Gasteiger charge is -2.20. The third kappa shape index (κ3) is 5.21. The lowest BCUT2D eigenvalue weighted by atomic mass is 9.97. The lowest BCUT2D eigenvalue weighted by molar-refractivity contribution is -0.119. The van der Waals surface area contributed by atoms with Crippen LogP contribution in [-0.2, 0) is 10.5 Å². The van der Waals surface area contributed by atoms with Gasteiger partial charge in [-0.2, -0.15) is 0 Å². The zero-order chi connectivity index (χ0) is 15.9. The van der Waals surface area contributed by atoms with Crippen molar-refractivity contribution in [2.24, 2.45) is 0 Å². The van der Waals surface area contributed by atoms with E-state index in [4.69, 9.17) is 0 Å². The standard InChI is InChI=1S/C18H24N2OS2/c21-17(19-14-8-4-2-1-3-5-9-14)12-22-13-18-20-15-10-6-7-11-16(15)23-18/h6-7,10-11,14H,1-5,8-9,12-13H2,(H,19,21). The molecule has 1 heterocycles. The number of para-hydroxylation sites is 1. The zero-order valence-electron chi connectivity index (χ0n) is 13.4. The second-order valence-electron chi connectivity index (χ2n) is 6.18. The molecule has 5 heteroatoms. The number of fused-ring (bicyclic) bond motifs is 1. The first-order chi connectivity index (χ1) is 11.3. The van der Waals surface area contributed by atoms with Gasteiger partial charge in [0.2, 0.25) is 5.91 Å². The summed E-state index contributed by atoms with van der Waals surface area (Å²) in [6.07, 6.45) is 8.80. The fourth-order valence-electron chi connectivity index (χ4n) is 3.08. The predicted octanol–water partition coefficient (Wildman–Crippen LogP) is 4.76. The number of nitrogens with zero attached hydrogens (tertiary/aromatic N) is 1. The average Bonchev–Trinajstić information content (AvgIpc) is 2.92.